The number of amides is 1. The molecule has 0 aliphatic heterocycles. The molecule has 0 bridgehead atoms. The van der Waals surface area contributed by atoms with Crippen molar-refractivity contribution in [1.82, 2.24) is 10.2 Å². The normalized spacial score (nSPS) is 12.4. The van der Waals surface area contributed by atoms with Crippen LogP contribution in [0, 0.1) is 12.7 Å². The van der Waals surface area contributed by atoms with Crippen molar-refractivity contribution < 1.29 is 17.6 Å². The lowest BCUT2D eigenvalue weighted by molar-refractivity contribution is -0.116. The molecule has 1 aromatic heterocycles. The Hall–Kier alpha value is -2.85. The number of benzene rings is 2. The third-order valence-electron chi connectivity index (χ3n) is 4.12. The van der Waals surface area contributed by atoms with Crippen LogP contribution in [0.5, 0.6) is 0 Å². The molecule has 1 heterocycles. The summed E-state index contributed by atoms with van der Waals surface area (Å²) in [6.45, 7) is 3.42. The maximum atomic E-state index is 13.2. The van der Waals surface area contributed by atoms with Crippen molar-refractivity contribution in [2.24, 2.45) is 0 Å². The number of carbonyl (C=O) groups is 1. The number of sulfonamides is 1. The number of hydrogen-bond donors (Lipinski definition) is 1. The second kappa shape index (κ2) is 8.26. The quantitative estimate of drug-likeness (QED) is 0.642. The Labute approximate surface area is 172 Å². The molecule has 0 saturated carbocycles. The summed E-state index contributed by atoms with van der Waals surface area (Å²) in [5.74, 6) is -1.08. The van der Waals surface area contributed by atoms with Gasteiger partial charge in [0.2, 0.25) is 21.1 Å². The first-order valence-corrected chi connectivity index (χ1v) is 11.3. The van der Waals surface area contributed by atoms with Gasteiger partial charge in [-0.3, -0.25) is 14.4 Å². The van der Waals surface area contributed by atoms with Crippen LogP contribution in [0.2, 0.25) is 0 Å². The van der Waals surface area contributed by atoms with E-state index in [4.69, 9.17) is 0 Å². The number of carbonyl (C=O) groups excluding carboxylic acids is 1. The highest BCUT2D eigenvalue weighted by atomic mass is 32.2. The van der Waals surface area contributed by atoms with Gasteiger partial charge in [0.1, 0.15) is 16.9 Å². The van der Waals surface area contributed by atoms with Gasteiger partial charge >= 0.3 is 0 Å². The molecule has 1 N–H and O–H groups in total. The van der Waals surface area contributed by atoms with Crippen LogP contribution >= 0.6 is 11.3 Å². The van der Waals surface area contributed by atoms with Crippen molar-refractivity contribution in [3.8, 4) is 10.6 Å². The highest BCUT2D eigenvalue weighted by Crippen LogP contribution is 2.27. The van der Waals surface area contributed by atoms with Crippen LogP contribution in [-0.4, -0.2) is 36.8 Å². The third kappa shape index (κ3) is 4.96. The molecular formula is C19H19FN4O3S2. The maximum Gasteiger partial charge on any atom is 0.249 e. The van der Waals surface area contributed by atoms with Gasteiger partial charge in [0.15, 0.2) is 0 Å². The van der Waals surface area contributed by atoms with Crippen LogP contribution in [0.3, 0.4) is 0 Å². The van der Waals surface area contributed by atoms with Gasteiger partial charge in [-0.2, -0.15) is 0 Å². The maximum absolute atomic E-state index is 13.2. The van der Waals surface area contributed by atoms with Gasteiger partial charge in [0.05, 0.1) is 11.9 Å². The Balaban J connectivity index is 1.80. The monoisotopic (exact) mass is 434 g/mol. The highest BCUT2D eigenvalue weighted by molar-refractivity contribution is 7.92. The molecule has 3 aromatic rings. The average molecular weight is 435 g/mol. The molecule has 0 aliphatic rings. The molecule has 3 rings (SSSR count). The first-order valence-electron chi connectivity index (χ1n) is 8.61. The van der Waals surface area contributed by atoms with E-state index in [0.29, 0.717) is 5.01 Å². The molecule has 1 atom stereocenters. The predicted octanol–water partition coefficient (Wildman–Crippen LogP) is 3.45. The Morgan fingerprint density at radius 1 is 1.10 bits per heavy atom. The highest BCUT2D eigenvalue weighted by Gasteiger charge is 2.29. The van der Waals surface area contributed by atoms with Gasteiger partial charge in [-0.05, 0) is 38.1 Å². The Kier molecular flexibility index (Phi) is 5.94. The zero-order valence-electron chi connectivity index (χ0n) is 16.0. The minimum atomic E-state index is -3.79. The fourth-order valence-corrected chi connectivity index (χ4v) is 4.62. The number of aryl methyl sites for hydroxylation is 1. The van der Waals surface area contributed by atoms with E-state index in [9.17, 15) is 17.6 Å². The van der Waals surface area contributed by atoms with E-state index in [2.05, 4.69) is 15.5 Å². The summed E-state index contributed by atoms with van der Waals surface area (Å²) < 4.78 is 38.6. The van der Waals surface area contributed by atoms with Gasteiger partial charge in [0, 0.05) is 5.56 Å². The Morgan fingerprint density at radius 2 is 1.72 bits per heavy atom. The first kappa shape index (κ1) is 20.9. The van der Waals surface area contributed by atoms with Crippen LogP contribution < -0.4 is 9.62 Å². The van der Waals surface area contributed by atoms with Gasteiger partial charge < -0.3 is 0 Å². The zero-order valence-corrected chi connectivity index (χ0v) is 17.6. The number of halogens is 1. The largest absolute Gasteiger partial charge is 0.299 e. The van der Waals surface area contributed by atoms with Crippen molar-refractivity contribution in [2.45, 2.75) is 19.9 Å². The van der Waals surface area contributed by atoms with Crippen molar-refractivity contribution >= 4 is 38.1 Å². The molecule has 0 aliphatic carbocycles. The fraction of sp³-hybridized carbons (Fsp3) is 0.211. The van der Waals surface area contributed by atoms with E-state index in [1.807, 2.05) is 31.2 Å². The summed E-state index contributed by atoms with van der Waals surface area (Å²) in [5, 5.41) is 11.5. The minimum absolute atomic E-state index is 0.189. The van der Waals surface area contributed by atoms with Crippen LogP contribution in [0.1, 0.15) is 12.5 Å². The van der Waals surface area contributed by atoms with E-state index < -0.39 is 27.8 Å². The standard InChI is InChI=1S/C19H19FN4O3S2/c1-12-4-6-14(7-5-12)18-22-23-19(28-18)21-17(25)13(2)24(29(3,26)27)16-10-8-15(20)9-11-16/h4-11,13H,1-3H3,(H,21,23,25)/t13-/m1/s1. The topological polar surface area (TPSA) is 92.3 Å². The van der Waals surface area contributed by atoms with E-state index in [1.54, 1.807) is 0 Å². The Morgan fingerprint density at radius 3 is 2.31 bits per heavy atom. The molecule has 2 aromatic carbocycles. The number of hydrogen-bond acceptors (Lipinski definition) is 6. The first-order chi connectivity index (χ1) is 13.6. The zero-order chi connectivity index (χ0) is 21.2. The van der Waals surface area contributed by atoms with E-state index in [-0.39, 0.29) is 10.8 Å². The smallest absolute Gasteiger partial charge is 0.249 e. The SMILES string of the molecule is Cc1ccc(-c2nnc(NC(=O)[C@@H](C)N(c3ccc(F)cc3)S(C)(=O)=O)s2)cc1. The van der Waals surface area contributed by atoms with Crippen molar-refractivity contribution in [3.63, 3.8) is 0 Å². The number of aromatic nitrogens is 2. The lowest BCUT2D eigenvalue weighted by Gasteiger charge is -2.27. The number of anilines is 2. The van der Waals surface area contributed by atoms with E-state index >= 15 is 0 Å². The molecular weight excluding hydrogens is 415 g/mol. The van der Waals surface area contributed by atoms with Crippen molar-refractivity contribution in [2.75, 3.05) is 15.9 Å². The Bertz CT molecular complexity index is 1110. The average Bonchev–Trinajstić information content (AvgIpc) is 3.11. The number of nitrogens with zero attached hydrogens (tertiary/aromatic N) is 3. The summed E-state index contributed by atoms with van der Waals surface area (Å²) >= 11 is 1.18. The molecule has 0 radical (unpaired) electrons. The second-order valence-electron chi connectivity index (χ2n) is 6.48. The van der Waals surface area contributed by atoms with Crippen LogP contribution in [0.15, 0.2) is 48.5 Å². The minimum Gasteiger partial charge on any atom is -0.299 e. The third-order valence-corrected chi connectivity index (χ3v) is 6.25. The van der Waals surface area contributed by atoms with Crippen LogP contribution in [0.4, 0.5) is 15.2 Å². The lowest BCUT2D eigenvalue weighted by Crippen LogP contribution is -2.45. The lowest BCUT2D eigenvalue weighted by atomic mass is 10.2. The summed E-state index contributed by atoms with van der Waals surface area (Å²) in [6.07, 6.45) is 0.987. The molecule has 10 heteroatoms. The molecule has 0 unspecified atom stereocenters. The summed E-state index contributed by atoms with van der Waals surface area (Å²) in [4.78, 5) is 12.7. The predicted molar refractivity (Wildman–Crippen MR) is 112 cm³/mol. The molecule has 29 heavy (non-hydrogen) atoms. The van der Waals surface area contributed by atoms with Crippen LogP contribution in [-0.2, 0) is 14.8 Å². The van der Waals surface area contributed by atoms with Crippen molar-refractivity contribution in [1.29, 1.82) is 0 Å². The molecule has 152 valence electrons. The van der Waals surface area contributed by atoms with Gasteiger partial charge in [-0.15, -0.1) is 10.2 Å². The van der Waals surface area contributed by atoms with Gasteiger partial charge in [-0.25, -0.2) is 12.8 Å². The van der Waals surface area contributed by atoms with Crippen LogP contribution in [0.25, 0.3) is 10.6 Å². The molecule has 0 spiro atoms. The van der Waals surface area contributed by atoms with E-state index in [1.165, 1.54) is 30.4 Å². The summed E-state index contributed by atoms with van der Waals surface area (Å²) in [5.41, 5.74) is 2.17. The summed E-state index contributed by atoms with van der Waals surface area (Å²) in [7, 11) is -3.79. The molecule has 7 nitrogen and oxygen atoms in total. The number of nitrogens with one attached hydrogen (secondary N) is 1. The number of rotatable bonds is 6. The van der Waals surface area contributed by atoms with Crippen molar-refractivity contribution in [3.05, 3.63) is 59.9 Å². The molecule has 1 amide bonds. The fourth-order valence-electron chi connectivity index (χ4n) is 2.69. The van der Waals surface area contributed by atoms with E-state index in [0.717, 1.165) is 33.8 Å². The summed E-state index contributed by atoms with van der Waals surface area (Å²) in [6, 6.07) is 11.5. The van der Waals surface area contributed by atoms with Gasteiger partial charge in [-0.1, -0.05) is 41.2 Å². The molecule has 0 saturated heterocycles. The van der Waals surface area contributed by atoms with Gasteiger partial charge in [0.25, 0.3) is 0 Å². The molecule has 0 fully saturated rings. The second-order valence-corrected chi connectivity index (χ2v) is 9.32.